The zero-order valence-corrected chi connectivity index (χ0v) is 23.0. The number of unbranched alkanes of at least 4 members (excludes halogenated alkanes) is 11. The molecule has 0 radical (unpaired) electrons. The summed E-state index contributed by atoms with van der Waals surface area (Å²) in [5.41, 5.74) is 1.54. The average molecular weight is 498 g/mol. The molecule has 1 N–H and O–H groups in total. The van der Waals surface area contributed by atoms with Crippen LogP contribution in [0.4, 0.5) is 5.69 Å². The molecule has 200 valence electrons. The Balaban J connectivity index is 1.72. The quantitative estimate of drug-likeness (QED) is 0.0982. The lowest BCUT2D eigenvalue weighted by Gasteiger charge is -2.19. The lowest BCUT2D eigenvalue weighted by atomic mass is 10.1. The van der Waals surface area contributed by atoms with Crippen molar-refractivity contribution in [1.29, 1.82) is 0 Å². The van der Waals surface area contributed by atoms with Crippen LogP contribution in [0.5, 0.6) is 0 Å². The summed E-state index contributed by atoms with van der Waals surface area (Å²) >= 11 is 0. The van der Waals surface area contributed by atoms with Crippen LogP contribution in [0.1, 0.15) is 115 Å². The van der Waals surface area contributed by atoms with Crippen LogP contribution in [0.2, 0.25) is 0 Å². The molecule has 2 aromatic rings. The van der Waals surface area contributed by atoms with Gasteiger partial charge in [-0.25, -0.2) is 0 Å². The number of rotatable bonds is 18. The molecule has 6 nitrogen and oxygen atoms in total. The molecule has 0 spiro atoms. The van der Waals surface area contributed by atoms with Crippen molar-refractivity contribution in [1.82, 2.24) is 9.78 Å². The summed E-state index contributed by atoms with van der Waals surface area (Å²) in [5.74, 6) is -0.490. The van der Waals surface area contributed by atoms with Gasteiger partial charge in [-0.3, -0.25) is 14.3 Å². The van der Waals surface area contributed by atoms with Crippen LogP contribution in [0, 0.1) is 0 Å². The van der Waals surface area contributed by atoms with E-state index < -0.39 is 5.60 Å². The van der Waals surface area contributed by atoms with Crippen LogP contribution < -0.4 is 5.32 Å². The lowest BCUT2D eigenvalue weighted by Crippen LogP contribution is -2.26. The van der Waals surface area contributed by atoms with Gasteiger partial charge in [0.2, 0.25) is 0 Å². The number of hydrogen-bond donors (Lipinski definition) is 1. The van der Waals surface area contributed by atoms with E-state index in [2.05, 4.69) is 17.0 Å². The normalized spacial score (nSPS) is 11.6. The van der Waals surface area contributed by atoms with Gasteiger partial charge in [-0.2, -0.15) is 5.10 Å². The standard InChI is InChI=1S/C30H47N3O3/c1-6-7-8-9-10-11-12-13-14-15-16-17-18-21-31-25-19-20-27-26(22-25)29(24(2)34)32-33(27)23-28(35)36-30(3,4)5/h6,19-20,22,31H,1,7-18,21,23H2,2-5H3. The van der Waals surface area contributed by atoms with Crippen LogP contribution in [0.15, 0.2) is 30.9 Å². The number of aromatic nitrogens is 2. The Morgan fingerprint density at radius 1 is 0.972 bits per heavy atom. The average Bonchev–Trinajstić information content (AvgIpc) is 3.15. The van der Waals surface area contributed by atoms with Crippen molar-refractivity contribution in [2.45, 2.75) is 117 Å². The van der Waals surface area contributed by atoms with Gasteiger partial charge < -0.3 is 10.1 Å². The van der Waals surface area contributed by atoms with E-state index in [1.165, 1.54) is 71.1 Å². The molecule has 0 bridgehead atoms. The molecule has 2 rings (SSSR count). The zero-order valence-electron chi connectivity index (χ0n) is 23.0. The Bertz CT molecular complexity index is 972. The van der Waals surface area contributed by atoms with Gasteiger partial charge in [0, 0.05) is 24.5 Å². The van der Waals surface area contributed by atoms with Crippen molar-refractivity contribution in [3.05, 3.63) is 36.5 Å². The number of esters is 1. The fourth-order valence-corrected chi connectivity index (χ4v) is 4.40. The van der Waals surface area contributed by atoms with E-state index in [-0.39, 0.29) is 18.3 Å². The molecule has 1 aromatic carbocycles. The maximum atomic E-state index is 12.3. The van der Waals surface area contributed by atoms with E-state index in [9.17, 15) is 9.59 Å². The number of Topliss-reactive ketones (excluding diaryl/α,β-unsaturated/α-hetero) is 1. The lowest BCUT2D eigenvalue weighted by molar-refractivity contribution is -0.155. The summed E-state index contributed by atoms with van der Waals surface area (Å²) in [6, 6.07) is 5.86. The molecular weight excluding hydrogens is 450 g/mol. The van der Waals surface area contributed by atoms with Crippen molar-refractivity contribution in [3.63, 3.8) is 0 Å². The number of carbonyl (C=O) groups is 2. The van der Waals surface area contributed by atoms with E-state index in [4.69, 9.17) is 4.74 Å². The highest BCUT2D eigenvalue weighted by Gasteiger charge is 2.20. The highest BCUT2D eigenvalue weighted by molar-refractivity contribution is 6.05. The van der Waals surface area contributed by atoms with Gasteiger partial charge in [0.25, 0.3) is 0 Å². The fraction of sp³-hybridized carbons (Fsp3) is 0.633. The number of fused-ring (bicyclic) bond motifs is 1. The molecule has 1 aromatic heterocycles. The minimum Gasteiger partial charge on any atom is -0.459 e. The van der Waals surface area contributed by atoms with Gasteiger partial charge in [-0.05, 0) is 58.2 Å². The first-order chi connectivity index (χ1) is 17.2. The van der Waals surface area contributed by atoms with Gasteiger partial charge in [0.05, 0.1) is 5.52 Å². The number of ether oxygens (including phenoxy) is 1. The molecule has 0 unspecified atom stereocenters. The number of ketones is 1. The van der Waals surface area contributed by atoms with Crippen LogP contribution >= 0.6 is 0 Å². The highest BCUT2D eigenvalue weighted by atomic mass is 16.6. The van der Waals surface area contributed by atoms with Crippen molar-refractivity contribution >= 4 is 28.3 Å². The Labute approximate surface area is 217 Å². The monoisotopic (exact) mass is 497 g/mol. The largest absolute Gasteiger partial charge is 0.459 e. The maximum absolute atomic E-state index is 12.3. The molecule has 0 aliphatic heterocycles. The predicted octanol–water partition coefficient (Wildman–Crippen LogP) is 7.86. The van der Waals surface area contributed by atoms with Crippen LogP contribution in [-0.2, 0) is 16.1 Å². The Kier molecular flexibility index (Phi) is 12.7. The first-order valence-corrected chi connectivity index (χ1v) is 13.8. The summed E-state index contributed by atoms with van der Waals surface area (Å²) in [7, 11) is 0. The molecule has 0 saturated heterocycles. The van der Waals surface area contributed by atoms with Gasteiger partial charge >= 0.3 is 5.97 Å². The van der Waals surface area contributed by atoms with Gasteiger partial charge in [0.15, 0.2) is 5.78 Å². The summed E-state index contributed by atoms with van der Waals surface area (Å²) in [4.78, 5) is 24.5. The predicted molar refractivity (Wildman–Crippen MR) is 150 cm³/mol. The van der Waals surface area contributed by atoms with E-state index in [0.29, 0.717) is 5.69 Å². The minimum atomic E-state index is -0.564. The Hall–Kier alpha value is -2.63. The maximum Gasteiger partial charge on any atom is 0.328 e. The highest BCUT2D eigenvalue weighted by Crippen LogP contribution is 2.24. The van der Waals surface area contributed by atoms with E-state index in [0.717, 1.165) is 36.0 Å². The molecule has 36 heavy (non-hydrogen) atoms. The molecule has 0 fully saturated rings. The molecule has 6 heteroatoms. The third-order valence-corrected chi connectivity index (χ3v) is 6.20. The zero-order chi connectivity index (χ0) is 26.4. The SMILES string of the molecule is C=CCCCCCCCCCCCCCNc1ccc2c(c1)c(C(C)=O)nn2CC(=O)OC(C)(C)C. The smallest absolute Gasteiger partial charge is 0.328 e. The van der Waals surface area contributed by atoms with Crippen molar-refractivity contribution in [2.75, 3.05) is 11.9 Å². The Morgan fingerprint density at radius 2 is 1.56 bits per heavy atom. The number of allylic oxidation sites excluding steroid dienone is 1. The first kappa shape index (κ1) is 29.6. The molecule has 0 saturated carbocycles. The van der Waals surface area contributed by atoms with E-state index >= 15 is 0 Å². The summed E-state index contributed by atoms with van der Waals surface area (Å²) in [6.45, 7) is 11.7. The summed E-state index contributed by atoms with van der Waals surface area (Å²) in [6.07, 6.45) is 17.6. The summed E-state index contributed by atoms with van der Waals surface area (Å²) < 4.78 is 6.98. The van der Waals surface area contributed by atoms with Crippen LogP contribution in [0.25, 0.3) is 10.9 Å². The topological polar surface area (TPSA) is 73.2 Å². The Morgan fingerprint density at radius 3 is 2.11 bits per heavy atom. The van der Waals surface area contributed by atoms with Crippen molar-refractivity contribution < 1.29 is 14.3 Å². The molecular formula is C30H47N3O3. The van der Waals surface area contributed by atoms with Crippen molar-refractivity contribution in [2.24, 2.45) is 0 Å². The van der Waals surface area contributed by atoms with Crippen LogP contribution in [0.3, 0.4) is 0 Å². The number of nitrogens with zero attached hydrogens (tertiary/aromatic N) is 2. The van der Waals surface area contributed by atoms with Crippen molar-refractivity contribution in [3.8, 4) is 0 Å². The fourth-order valence-electron chi connectivity index (χ4n) is 4.40. The number of benzene rings is 1. The second-order valence-corrected chi connectivity index (χ2v) is 10.8. The van der Waals surface area contributed by atoms with E-state index in [1.54, 1.807) is 4.68 Å². The molecule has 0 amide bonds. The van der Waals surface area contributed by atoms with Gasteiger partial charge in [-0.1, -0.05) is 63.9 Å². The van der Waals surface area contributed by atoms with Crippen LogP contribution in [-0.4, -0.2) is 33.7 Å². The van der Waals surface area contributed by atoms with Gasteiger partial charge in [0.1, 0.15) is 17.8 Å². The number of hydrogen-bond acceptors (Lipinski definition) is 5. The molecule has 0 aliphatic rings. The summed E-state index contributed by atoms with van der Waals surface area (Å²) in [5, 5.41) is 8.65. The number of anilines is 1. The number of carbonyl (C=O) groups excluding carboxylic acids is 2. The molecule has 0 aliphatic carbocycles. The molecule has 0 atom stereocenters. The molecule has 1 heterocycles. The number of nitrogens with one attached hydrogen (secondary N) is 1. The third kappa shape index (κ3) is 11.0. The van der Waals surface area contributed by atoms with Gasteiger partial charge in [-0.15, -0.1) is 6.58 Å². The third-order valence-electron chi connectivity index (χ3n) is 6.20. The minimum absolute atomic E-state index is 0.0242. The second-order valence-electron chi connectivity index (χ2n) is 10.8. The second kappa shape index (κ2) is 15.5. The van der Waals surface area contributed by atoms with E-state index in [1.807, 2.05) is 45.0 Å². The first-order valence-electron chi connectivity index (χ1n) is 13.8.